The molecule has 0 aromatic heterocycles. The largest absolute Gasteiger partial charge is 0.313 e. The summed E-state index contributed by atoms with van der Waals surface area (Å²) in [4.78, 5) is 5.21. The van der Waals surface area contributed by atoms with Gasteiger partial charge in [0, 0.05) is 37.3 Å². The minimum atomic E-state index is 0.783. The van der Waals surface area contributed by atoms with E-state index in [1.54, 1.807) is 0 Å². The van der Waals surface area contributed by atoms with Gasteiger partial charge >= 0.3 is 0 Å². The van der Waals surface area contributed by atoms with Gasteiger partial charge in [-0.3, -0.25) is 0 Å². The van der Waals surface area contributed by atoms with Gasteiger partial charge in [-0.15, -0.1) is 0 Å². The lowest BCUT2D eigenvalue weighted by atomic mass is 9.98. The molecule has 2 heterocycles. The van der Waals surface area contributed by atoms with E-state index in [0.29, 0.717) is 0 Å². The van der Waals surface area contributed by atoms with Gasteiger partial charge in [-0.05, 0) is 52.6 Å². The lowest BCUT2D eigenvalue weighted by Gasteiger charge is -2.37. The zero-order chi connectivity index (χ0) is 13.2. The van der Waals surface area contributed by atoms with Crippen molar-refractivity contribution in [3.63, 3.8) is 0 Å². The first-order valence-corrected chi connectivity index (χ1v) is 8.39. The standard InChI is InChI=1S/C16H31N3/c1-18(14-5-3-4-6-14)10-9-17-13-11-15-7-8-16(12-13)19(15)2/h13-17H,3-12H2,1-2H3. The quantitative estimate of drug-likeness (QED) is 0.821. The number of nitrogens with zero attached hydrogens (tertiary/aromatic N) is 2. The van der Waals surface area contributed by atoms with Crippen LogP contribution in [0.5, 0.6) is 0 Å². The van der Waals surface area contributed by atoms with Crippen molar-refractivity contribution in [3.8, 4) is 0 Å². The molecule has 110 valence electrons. The molecule has 19 heavy (non-hydrogen) atoms. The molecular formula is C16H31N3. The van der Waals surface area contributed by atoms with E-state index in [2.05, 4.69) is 29.2 Å². The normalized spacial score (nSPS) is 36.5. The van der Waals surface area contributed by atoms with Crippen LogP contribution in [0.4, 0.5) is 0 Å². The zero-order valence-electron chi connectivity index (χ0n) is 12.8. The Bertz CT molecular complexity index is 274. The van der Waals surface area contributed by atoms with Crippen molar-refractivity contribution >= 4 is 0 Å². The lowest BCUT2D eigenvalue weighted by Crippen LogP contribution is -2.48. The van der Waals surface area contributed by atoms with Crippen LogP contribution in [0.2, 0.25) is 0 Å². The number of rotatable bonds is 5. The Kier molecular flexibility index (Phi) is 4.45. The first-order chi connectivity index (χ1) is 9.24. The van der Waals surface area contributed by atoms with Crippen LogP contribution in [-0.4, -0.2) is 61.2 Å². The summed E-state index contributed by atoms with van der Waals surface area (Å²) in [6.07, 6.45) is 11.4. The molecule has 2 saturated heterocycles. The second-order valence-corrected chi connectivity index (χ2v) is 7.09. The predicted molar refractivity (Wildman–Crippen MR) is 80.5 cm³/mol. The Labute approximate surface area is 118 Å². The van der Waals surface area contributed by atoms with Crippen LogP contribution in [0.25, 0.3) is 0 Å². The van der Waals surface area contributed by atoms with Crippen LogP contribution in [0.15, 0.2) is 0 Å². The van der Waals surface area contributed by atoms with Crippen LogP contribution >= 0.6 is 0 Å². The third-order valence-electron chi connectivity index (χ3n) is 5.94. The maximum atomic E-state index is 3.83. The minimum Gasteiger partial charge on any atom is -0.313 e. The van der Waals surface area contributed by atoms with Crippen molar-refractivity contribution in [1.82, 2.24) is 15.1 Å². The summed E-state index contributed by atoms with van der Waals surface area (Å²) in [5.74, 6) is 0. The summed E-state index contributed by atoms with van der Waals surface area (Å²) in [6, 6.07) is 3.38. The molecule has 1 saturated carbocycles. The average Bonchev–Trinajstić information content (AvgIpc) is 2.98. The molecular weight excluding hydrogens is 234 g/mol. The first kappa shape index (κ1) is 13.8. The van der Waals surface area contributed by atoms with Crippen LogP contribution in [0, 0.1) is 0 Å². The van der Waals surface area contributed by atoms with E-state index in [-0.39, 0.29) is 0 Å². The summed E-state index contributed by atoms with van der Waals surface area (Å²) in [7, 11) is 4.64. The van der Waals surface area contributed by atoms with Crippen molar-refractivity contribution in [3.05, 3.63) is 0 Å². The van der Waals surface area contributed by atoms with Crippen LogP contribution in [0.1, 0.15) is 51.4 Å². The zero-order valence-corrected chi connectivity index (χ0v) is 12.8. The number of hydrogen-bond donors (Lipinski definition) is 1. The fraction of sp³-hybridized carbons (Fsp3) is 1.00. The maximum absolute atomic E-state index is 3.83. The number of hydrogen-bond acceptors (Lipinski definition) is 3. The van der Waals surface area contributed by atoms with Gasteiger partial charge in [-0.25, -0.2) is 0 Å². The topological polar surface area (TPSA) is 18.5 Å². The van der Waals surface area contributed by atoms with Crippen LogP contribution < -0.4 is 5.32 Å². The molecule has 2 atom stereocenters. The van der Waals surface area contributed by atoms with Gasteiger partial charge in [0.05, 0.1) is 0 Å². The molecule has 0 spiro atoms. The molecule has 3 heteroatoms. The Morgan fingerprint density at radius 2 is 1.68 bits per heavy atom. The molecule has 3 fully saturated rings. The fourth-order valence-corrected chi connectivity index (χ4v) is 4.55. The molecule has 0 aromatic carbocycles. The third-order valence-corrected chi connectivity index (χ3v) is 5.94. The maximum Gasteiger partial charge on any atom is 0.0111 e. The second-order valence-electron chi connectivity index (χ2n) is 7.09. The van der Waals surface area contributed by atoms with Gasteiger partial charge in [0.2, 0.25) is 0 Å². The Hall–Kier alpha value is -0.120. The van der Waals surface area contributed by atoms with E-state index >= 15 is 0 Å². The van der Waals surface area contributed by atoms with E-state index < -0.39 is 0 Å². The number of fused-ring (bicyclic) bond motifs is 2. The monoisotopic (exact) mass is 265 g/mol. The second kappa shape index (κ2) is 6.11. The van der Waals surface area contributed by atoms with Gasteiger partial charge in [0.15, 0.2) is 0 Å². The van der Waals surface area contributed by atoms with Crippen LogP contribution in [-0.2, 0) is 0 Å². The first-order valence-electron chi connectivity index (χ1n) is 8.39. The highest BCUT2D eigenvalue weighted by atomic mass is 15.2. The van der Waals surface area contributed by atoms with Crippen LogP contribution in [0.3, 0.4) is 0 Å². The van der Waals surface area contributed by atoms with Gasteiger partial charge in [-0.1, -0.05) is 12.8 Å². The summed E-state index contributed by atoms with van der Waals surface area (Å²) in [6.45, 7) is 2.41. The van der Waals surface area contributed by atoms with E-state index in [0.717, 1.165) is 24.2 Å². The predicted octanol–water partition coefficient (Wildman–Crippen LogP) is 2.08. The Morgan fingerprint density at radius 3 is 2.32 bits per heavy atom. The summed E-state index contributed by atoms with van der Waals surface area (Å²) in [5.41, 5.74) is 0. The lowest BCUT2D eigenvalue weighted by molar-refractivity contribution is 0.145. The molecule has 2 unspecified atom stereocenters. The molecule has 3 aliphatic rings. The average molecular weight is 265 g/mol. The van der Waals surface area contributed by atoms with Crippen molar-refractivity contribution in [1.29, 1.82) is 0 Å². The Balaban J connectivity index is 1.36. The molecule has 0 aromatic rings. The highest BCUT2D eigenvalue weighted by molar-refractivity contribution is 4.96. The van der Waals surface area contributed by atoms with Crippen molar-refractivity contribution in [2.45, 2.75) is 75.5 Å². The smallest absolute Gasteiger partial charge is 0.0111 e. The summed E-state index contributed by atoms with van der Waals surface area (Å²) in [5, 5.41) is 3.83. The summed E-state index contributed by atoms with van der Waals surface area (Å²) < 4.78 is 0. The van der Waals surface area contributed by atoms with E-state index in [1.165, 1.54) is 64.5 Å². The molecule has 1 aliphatic carbocycles. The molecule has 1 N–H and O–H groups in total. The highest BCUT2D eigenvalue weighted by Gasteiger charge is 2.38. The van der Waals surface area contributed by atoms with Crippen molar-refractivity contribution < 1.29 is 0 Å². The van der Waals surface area contributed by atoms with Crippen molar-refractivity contribution in [2.75, 3.05) is 27.2 Å². The van der Waals surface area contributed by atoms with E-state index in [1.807, 2.05) is 0 Å². The van der Waals surface area contributed by atoms with Gasteiger partial charge in [-0.2, -0.15) is 0 Å². The minimum absolute atomic E-state index is 0.783. The fourth-order valence-electron chi connectivity index (χ4n) is 4.55. The number of piperidine rings is 1. The van der Waals surface area contributed by atoms with Crippen molar-refractivity contribution in [2.24, 2.45) is 0 Å². The Morgan fingerprint density at radius 1 is 1.05 bits per heavy atom. The molecule has 0 amide bonds. The number of likely N-dealkylation sites (N-methyl/N-ethyl adjacent to an activating group) is 1. The highest BCUT2D eigenvalue weighted by Crippen LogP contribution is 2.34. The van der Waals surface area contributed by atoms with Gasteiger partial charge in [0.25, 0.3) is 0 Å². The molecule has 2 aliphatic heterocycles. The molecule has 0 radical (unpaired) electrons. The number of nitrogens with one attached hydrogen (secondary N) is 1. The van der Waals surface area contributed by atoms with Gasteiger partial charge < -0.3 is 15.1 Å². The molecule has 2 bridgehead atoms. The molecule has 3 rings (SSSR count). The summed E-state index contributed by atoms with van der Waals surface area (Å²) >= 11 is 0. The third kappa shape index (κ3) is 3.14. The van der Waals surface area contributed by atoms with Gasteiger partial charge in [0.1, 0.15) is 0 Å². The molecule has 3 nitrogen and oxygen atoms in total. The van der Waals surface area contributed by atoms with E-state index in [4.69, 9.17) is 0 Å². The SMILES string of the molecule is CN(CCNC1CC2CCC(C1)N2C)C1CCCC1. The van der Waals surface area contributed by atoms with E-state index in [9.17, 15) is 0 Å².